The molecule has 2 aromatic carbocycles. The first-order valence-corrected chi connectivity index (χ1v) is 10.0. The molecule has 1 aromatic heterocycles. The summed E-state index contributed by atoms with van der Waals surface area (Å²) < 4.78 is 16.1. The first-order chi connectivity index (χ1) is 13.9. The van der Waals surface area contributed by atoms with Crippen LogP contribution in [0.4, 0.5) is 10.1 Å². The maximum atomic E-state index is 14.4. The van der Waals surface area contributed by atoms with Crippen molar-refractivity contribution in [2.45, 2.75) is 41.0 Å². The number of amidine groups is 1. The summed E-state index contributed by atoms with van der Waals surface area (Å²) in [5, 5.41) is 1.95. The van der Waals surface area contributed by atoms with Crippen LogP contribution < -0.4 is 0 Å². The third kappa shape index (κ3) is 3.25. The lowest BCUT2D eigenvalue weighted by Gasteiger charge is -2.10. The van der Waals surface area contributed by atoms with Crippen LogP contribution in [-0.4, -0.2) is 23.7 Å². The minimum Gasteiger partial charge on any atom is -0.342 e. The summed E-state index contributed by atoms with van der Waals surface area (Å²) in [6.07, 6.45) is 0.916. The van der Waals surface area contributed by atoms with Crippen molar-refractivity contribution >= 4 is 35.8 Å². The van der Waals surface area contributed by atoms with Crippen LogP contribution >= 0.6 is 0 Å². The molecule has 0 amide bonds. The molecule has 0 aliphatic carbocycles. The predicted octanol–water partition coefficient (Wildman–Crippen LogP) is 6.24. The first kappa shape index (κ1) is 19.4. The molecule has 1 aliphatic rings. The molecular weight excluding hydrogens is 360 g/mol. The summed E-state index contributed by atoms with van der Waals surface area (Å²) in [5.74, 6) is 1.31. The van der Waals surface area contributed by atoms with E-state index in [2.05, 4.69) is 44.0 Å². The molecule has 0 spiro atoms. The lowest BCUT2D eigenvalue weighted by atomic mass is 10.0. The Morgan fingerprint density at radius 3 is 2.24 bits per heavy atom. The highest BCUT2D eigenvalue weighted by Crippen LogP contribution is 2.39. The van der Waals surface area contributed by atoms with Gasteiger partial charge in [0.1, 0.15) is 5.82 Å². The van der Waals surface area contributed by atoms with E-state index in [0.717, 1.165) is 50.9 Å². The molecule has 29 heavy (non-hydrogen) atoms. The van der Waals surface area contributed by atoms with Gasteiger partial charge in [0.05, 0.1) is 0 Å². The number of fused-ring (bicyclic) bond motifs is 1. The molecule has 0 bridgehead atoms. The van der Waals surface area contributed by atoms with Crippen LogP contribution in [0.15, 0.2) is 63.6 Å². The maximum Gasteiger partial charge on any atom is 0.450 e. The third-order valence-electron chi connectivity index (χ3n) is 5.63. The molecule has 4 rings (SSSR count). The van der Waals surface area contributed by atoms with Crippen molar-refractivity contribution in [3.8, 4) is 11.3 Å². The maximum absolute atomic E-state index is 14.4. The van der Waals surface area contributed by atoms with Crippen molar-refractivity contribution in [1.29, 1.82) is 0 Å². The van der Waals surface area contributed by atoms with Crippen molar-refractivity contribution < 1.29 is 4.32 Å². The standard InChI is InChI=1S/C24H25BFN3/c1-6-19-16(4)23(27-17(19)5)28-24-21-10-8-7-9-20(21)22(29(24)25-26)18-12-14(2)11-15(3)13-18/h7-13,25H,6H2,1-5H3/b28-23-. The zero-order valence-corrected chi connectivity index (χ0v) is 17.7. The minimum atomic E-state index is -0.644. The largest absolute Gasteiger partial charge is 0.450 e. The molecule has 2 heterocycles. The zero-order chi connectivity index (χ0) is 20.7. The average Bonchev–Trinajstić information content (AvgIpc) is 3.14. The van der Waals surface area contributed by atoms with E-state index in [1.54, 1.807) is 4.48 Å². The molecule has 3 aromatic rings. The number of hydrogen-bond acceptors (Lipinski definition) is 1. The summed E-state index contributed by atoms with van der Waals surface area (Å²) in [4.78, 5) is 9.54. The first-order valence-electron chi connectivity index (χ1n) is 10.0. The second kappa shape index (κ2) is 7.47. The van der Waals surface area contributed by atoms with E-state index in [4.69, 9.17) is 4.99 Å². The van der Waals surface area contributed by atoms with Crippen LogP contribution in [0, 0.1) is 13.8 Å². The van der Waals surface area contributed by atoms with Gasteiger partial charge in [-0.15, -0.1) is 0 Å². The normalized spacial score (nSPS) is 15.5. The number of rotatable bonds is 4. The van der Waals surface area contributed by atoms with E-state index >= 15 is 0 Å². The molecular formula is C24H25BFN3. The number of aliphatic imine (C=N–C) groups is 2. The Hall–Kier alpha value is -2.95. The SMILES string of the molecule is CCC1=C(C)/C(=N/c2c3ccccc3c(-c3cc(C)cc(C)c3)n2BF)N=C1C. The molecule has 3 nitrogen and oxygen atoms in total. The summed E-state index contributed by atoms with van der Waals surface area (Å²) in [6.45, 7) is 10.3. The van der Waals surface area contributed by atoms with Gasteiger partial charge in [-0.3, -0.25) is 0 Å². The molecule has 0 radical (unpaired) electrons. The highest BCUT2D eigenvalue weighted by atomic mass is 19.1. The highest BCUT2D eigenvalue weighted by molar-refractivity contribution is 6.30. The second-order valence-corrected chi connectivity index (χ2v) is 7.73. The number of nitrogens with zero attached hydrogens (tertiary/aromatic N) is 3. The number of benzene rings is 2. The molecule has 0 fully saturated rings. The smallest absolute Gasteiger partial charge is 0.342 e. The summed E-state index contributed by atoms with van der Waals surface area (Å²) >= 11 is 0. The van der Waals surface area contributed by atoms with Gasteiger partial charge in [-0.1, -0.05) is 48.4 Å². The van der Waals surface area contributed by atoms with E-state index in [1.165, 1.54) is 5.57 Å². The van der Waals surface area contributed by atoms with Gasteiger partial charge in [0.2, 0.25) is 0 Å². The van der Waals surface area contributed by atoms with E-state index in [0.29, 0.717) is 11.7 Å². The minimum absolute atomic E-state index is 0.625. The van der Waals surface area contributed by atoms with E-state index in [1.807, 2.05) is 38.1 Å². The average molecular weight is 385 g/mol. The van der Waals surface area contributed by atoms with Crippen molar-refractivity contribution in [2.75, 3.05) is 0 Å². The predicted molar refractivity (Wildman–Crippen MR) is 124 cm³/mol. The zero-order valence-electron chi connectivity index (χ0n) is 17.7. The molecule has 1 aliphatic heterocycles. The van der Waals surface area contributed by atoms with Gasteiger partial charge in [-0.25, -0.2) is 9.98 Å². The Balaban J connectivity index is 2.02. The Bertz CT molecular complexity index is 1190. The van der Waals surface area contributed by atoms with Crippen LogP contribution in [0.25, 0.3) is 22.0 Å². The van der Waals surface area contributed by atoms with Gasteiger partial charge in [0.15, 0.2) is 5.84 Å². The van der Waals surface area contributed by atoms with E-state index in [9.17, 15) is 4.32 Å². The van der Waals surface area contributed by atoms with Crippen LogP contribution in [0.5, 0.6) is 0 Å². The summed E-state index contributed by atoms with van der Waals surface area (Å²) in [7, 11) is -0.644. The number of halogens is 1. The van der Waals surface area contributed by atoms with Crippen molar-refractivity contribution in [3.05, 3.63) is 64.7 Å². The van der Waals surface area contributed by atoms with Gasteiger partial charge in [0, 0.05) is 22.2 Å². The monoisotopic (exact) mass is 385 g/mol. The van der Waals surface area contributed by atoms with Gasteiger partial charge in [-0.05, 0) is 63.0 Å². The third-order valence-corrected chi connectivity index (χ3v) is 5.63. The van der Waals surface area contributed by atoms with Crippen LogP contribution in [0.2, 0.25) is 0 Å². The summed E-state index contributed by atoms with van der Waals surface area (Å²) in [6, 6.07) is 14.4. The van der Waals surface area contributed by atoms with Crippen molar-refractivity contribution in [1.82, 2.24) is 4.48 Å². The molecule has 0 atom stereocenters. The van der Waals surface area contributed by atoms with Gasteiger partial charge < -0.3 is 8.79 Å². The topological polar surface area (TPSA) is 29.6 Å². The fourth-order valence-corrected chi connectivity index (χ4v) is 4.39. The molecule has 5 heteroatoms. The van der Waals surface area contributed by atoms with E-state index < -0.39 is 7.69 Å². The van der Waals surface area contributed by atoms with Gasteiger partial charge in [0.25, 0.3) is 0 Å². The van der Waals surface area contributed by atoms with Gasteiger partial charge in [-0.2, -0.15) is 0 Å². The number of hydrogen-bond donors (Lipinski definition) is 0. The molecule has 0 N–H and O–H groups in total. The number of allylic oxidation sites excluding steroid dienone is 1. The fourth-order valence-electron chi connectivity index (χ4n) is 4.39. The second-order valence-electron chi connectivity index (χ2n) is 7.73. The number of aromatic nitrogens is 1. The van der Waals surface area contributed by atoms with Crippen LogP contribution in [0.1, 0.15) is 38.3 Å². The molecule has 146 valence electrons. The van der Waals surface area contributed by atoms with Gasteiger partial charge >= 0.3 is 7.69 Å². The summed E-state index contributed by atoms with van der Waals surface area (Å²) in [5.41, 5.74) is 7.49. The Kier molecular flexibility index (Phi) is 4.99. The number of aryl methyl sites for hydroxylation is 2. The molecule has 0 saturated carbocycles. The Labute approximate surface area is 172 Å². The lowest BCUT2D eigenvalue weighted by molar-refractivity contribution is 0.837. The Morgan fingerprint density at radius 2 is 1.66 bits per heavy atom. The van der Waals surface area contributed by atoms with Crippen LogP contribution in [0.3, 0.4) is 0 Å². The van der Waals surface area contributed by atoms with Crippen molar-refractivity contribution in [3.63, 3.8) is 0 Å². The van der Waals surface area contributed by atoms with Crippen LogP contribution in [-0.2, 0) is 0 Å². The molecule has 0 unspecified atom stereocenters. The lowest BCUT2D eigenvalue weighted by Crippen LogP contribution is -2.04. The van der Waals surface area contributed by atoms with Crippen molar-refractivity contribution in [2.24, 2.45) is 9.98 Å². The van der Waals surface area contributed by atoms with E-state index in [-0.39, 0.29) is 0 Å². The Morgan fingerprint density at radius 1 is 1.00 bits per heavy atom. The molecule has 0 saturated heterocycles. The highest BCUT2D eigenvalue weighted by Gasteiger charge is 2.22. The fraction of sp³-hybridized carbons (Fsp3) is 0.250. The quantitative estimate of drug-likeness (QED) is 0.476.